The number of quaternary nitrogens is 1. The Hall–Kier alpha value is -1.45. The molecule has 1 aliphatic rings. The van der Waals surface area contributed by atoms with Crippen molar-refractivity contribution in [2.45, 2.75) is 64.4 Å². The molecule has 8 heteroatoms. The predicted octanol–water partition coefficient (Wildman–Crippen LogP) is 6.02. The number of β-lactam (4-membered cyclic amide) rings is 1. The number of urea groups is 1. The van der Waals surface area contributed by atoms with Crippen molar-refractivity contribution in [3.8, 4) is 0 Å². The monoisotopic (exact) mass is 476 g/mol. The lowest BCUT2D eigenvalue weighted by molar-refractivity contribution is -0.158. The van der Waals surface area contributed by atoms with E-state index < -0.39 is 20.5 Å². The van der Waals surface area contributed by atoms with Gasteiger partial charge in [0.25, 0.3) is 5.91 Å². The molecule has 0 aliphatic carbocycles. The SMILES string of the molecule is CCC[N+]([S-])(C(=O)N1C(=O)[C@H](O[Si](CC)(CC)CC)[C@@H]1c1cccs1)c1ccccc1. The fraction of sp³-hybridized carbons (Fsp3) is 0.478. The summed E-state index contributed by atoms with van der Waals surface area (Å²) in [4.78, 5) is 29.5. The van der Waals surface area contributed by atoms with E-state index in [0.717, 1.165) is 29.4 Å². The molecule has 3 atom stereocenters. The summed E-state index contributed by atoms with van der Waals surface area (Å²) >= 11 is 7.43. The minimum atomic E-state index is -2.02. The summed E-state index contributed by atoms with van der Waals surface area (Å²) in [6, 6.07) is 15.4. The van der Waals surface area contributed by atoms with Gasteiger partial charge in [0.2, 0.25) is 0 Å². The largest absolute Gasteiger partial charge is 0.477 e. The molecule has 1 aromatic carbocycles. The van der Waals surface area contributed by atoms with Gasteiger partial charge in [-0.1, -0.05) is 52.0 Å². The van der Waals surface area contributed by atoms with Gasteiger partial charge in [0.1, 0.15) is 11.7 Å². The van der Waals surface area contributed by atoms with Gasteiger partial charge in [-0.25, -0.2) is 9.69 Å². The van der Waals surface area contributed by atoms with Crippen molar-refractivity contribution in [3.63, 3.8) is 0 Å². The topological polar surface area (TPSA) is 46.6 Å². The van der Waals surface area contributed by atoms with Crippen LogP contribution in [0.2, 0.25) is 18.1 Å². The minimum Gasteiger partial charge on any atom is -0.477 e. The van der Waals surface area contributed by atoms with Gasteiger partial charge < -0.3 is 21.1 Å². The van der Waals surface area contributed by atoms with Gasteiger partial charge in [-0.05, 0) is 48.1 Å². The van der Waals surface area contributed by atoms with Crippen LogP contribution in [-0.2, 0) is 22.0 Å². The third-order valence-electron chi connectivity index (χ3n) is 6.42. The molecule has 5 nitrogen and oxygen atoms in total. The summed E-state index contributed by atoms with van der Waals surface area (Å²) in [5, 5.41) is 1.97. The zero-order valence-corrected chi connectivity index (χ0v) is 21.4. The molecule has 2 aromatic rings. The van der Waals surface area contributed by atoms with Crippen LogP contribution in [0.25, 0.3) is 0 Å². The van der Waals surface area contributed by atoms with E-state index in [1.54, 1.807) is 11.3 Å². The second-order valence-corrected chi connectivity index (χ2v) is 14.4. The van der Waals surface area contributed by atoms with Crippen molar-refractivity contribution in [2.24, 2.45) is 0 Å². The Labute approximate surface area is 196 Å². The maximum absolute atomic E-state index is 13.8. The van der Waals surface area contributed by atoms with Crippen LogP contribution in [0.4, 0.5) is 10.5 Å². The van der Waals surface area contributed by atoms with E-state index in [9.17, 15) is 9.59 Å². The first-order valence-corrected chi connectivity index (χ1v) is 14.9. The Morgan fingerprint density at radius 3 is 2.26 bits per heavy atom. The zero-order valence-electron chi connectivity index (χ0n) is 18.7. The summed E-state index contributed by atoms with van der Waals surface area (Å²) in [7, 11) is -2.02. The van der Waals surface area contributed by atoms with Gasteiger partial charge in [0, 0.05) is 4.88 Å². The zero-order chi connectivity index (χ0) is 22.6. The molecule has 168 valence electrons. The third kappa shape index (κ3) is 4.41. The molecule has 1 aliphatic heterocycles. The number of amides is 3. The van der Waals surface area contributed by atoms with Crippen LogP contribution >= 0.6 is 11.3 Å². The van der Waals surface area contributed by atoms with Crippen molar-refractivity contribution < 1.29 is 14.0 Å². The number of rotatable bonds is 9. The van der Waals surface area contributed by atoms with E-state index in [1.165, 1.54) is 4.90 Å². The van der Waals surface area contributed by atoms with Crippen LogP contribution in [0, 0.1) is 0 Å². The van der Waals surface area contributed by atoms with Gasteiger partial charge in [0.05, 0.1) is 6.54 Å². The number of benzene rings is 1. The highest BCUT2D eigenvalue weighted by Crippen LogP contribution is 2.44. The maximum atomic E-state index is 13.8. The van der Waals surface area contributed by atoms with E-state index >= 15 is 0 Å². The molecule has 0 N–H and O–H groups in total. The number of nitrogens with zero attached hydrogens (tertiary/aromatic N) is 2. The van der Waals surface area contributed by atoms with Gasteiger partial charge >= 0.3 is 6.03 Å². The molecular formula is C23H32N2O3S2Si. The lowest BCUT2D eigenvalue weighted by atomic mass is 9.97. The van der Waals surface area contributed by atoms with Gasteiger partial charge in [-0.15, -0.1) is 11.3 Å². The molecule has 1 saturated heterocycles. The Bertz CT molecular complexity index is 881. The number of para-hydroxylation sites is 1. The Morgan fingerprint density at radius 1 is 1.10 bits per heavy atom. The standard InChI is InChI=1S/C23H32N2O3S2Si/c1-5-16-25(29,18-13-10-9-11-14-18)23(27)24-20(19-15-12-17-30-19)21(22(24)26)28-31(6-2,7-3)8-4/h9-15,17,20-21H,5-8,16H2,1-4H3/t20-,21+,25?/m0/s1. The van der Waals surface area contributed by atoms with Crippen LogP contribution in [-0.4, -0.2) is 37.8 Å². The highest BCUT2D eigenvalue weighted by atomic mass is 32.1. The van der Waals surface area contributed by atoms with Crippen LogP contribution in [0.5, 0.6) is 0 Å². The molecule has 1 unspecified atom stereocenters. The van der Waals surface area contributed by atoms with Crippen LogP contribution in [0.15, 0.2) is 47.8 Å². The number of likely N-dealkylation sites (tertiary alicyclic amines) is 1. The summed E-state index contributed by atoms with van der Waals surface area (Å²) in [5.41, 5.74) is 0.714. The molecule has 2 heterocycles. The van der Waals surface area contributed by atoms with E-state index in [0.29, 0.717) is 12.2 Å². The van der Waals surface area contributed by atoms with Crippen molar-refractivity contribution in [3.05, 3.63) is 52.7 Å². The molecule has 1 fully saturated rings. The second kappa shape index (κ2) is 10.00. The second-order valence-electron chi connectivity index (χ2n) is 8.03. The van der Waals surface area contributed by atoms with E-state index in [4.69, 9.17) is 17.2 Å². The quantitative estimate of drug-likeness (QED) is 0.192. The normalized spacial score (nSPS) is 20.9. The van der Waals surface area contributed by atoms with Crippen LogP contribution in [0.1, 0.15) is 45.0 Å². The fourth-order valence-corrected chi connectivity index (χ4v) is 8.29. The smallest absolute Gasteiger partial charge is 0.413 e. The molecule has 0 saturated carbocycles. The first-order chi connectivity index (χ1) is 14.9. The molecule has 31 heavy (non-hydrogen) atoms. The lowest BCUT2D eigenvalue weighted by Gasteiger charge is -2.52. The van der Waals surface area contributed by atoms with Gasteiger partial charge in [-0.3, -0.25) is 4.79 Å². The molecule has 0 spiro atoms. The first-order valence-electron chi connectivity index (χ1n) is 11.1. The maximum Gasteiger partial charge on any atom is 0.413 e. The van der Waals surface area contributed by atoms with Crippen molar-refractivity contribution >= 4 is 50.1 Å². The predicted molar refractivity (Wildman–Crippen MR) is 132 cm³/mol. The van der Waals surface area contributed by atoms with Crippen LogP contribution in [0.3, 0.4) is 0 Å². The summed E-state index contributed by atoms with van der Waals surface area (Å²) in [5.74, 6) is -0.255. The summed E-state index contributed by atoms with van der Waals surface area (Å²) in [6.07, 6.45) is 0.128. The molecule has 3 amide bonds. The van der Waals surface area contributed by atoms with E-state index in [1.807, 2.05) is 54.8 Å². The van der Waals surface area contributed by atoms with Crippen LogP contribution < -0.4 is 3.89 Å². The highest BCUT2D eigenvalue weighted by Gasteiger charge is 2.58. The summed E-state index contributed by atoms with van der Waals surface area (Å²) < 4.78 is 6.25. The molecular weight excluding hydrogens is 444 g/mol. The number of hydrogen-bond acceptors (Lipinski definition) is 5. The molecule has 3 rings (SSSR count). The van der Waals surface area contributed by atoms with Crippen molar-refractivity contribution in [1.29, 1.82) is 0 Å². The number of carbonyl (C=O) groups excluding carboxylic acids is 2. The number of thiophene rings is 1. The highest BCUT2D eigenvalue weighted by molar-refractivity contribution is 7.59. The number of imide groups is 1. The van der Waals surface area contributed by atoms with Gasteiger partial charge in [-0.2, -0.15) is 0 Å². The first kappa shape index (κ1) is 24.2. The molecule has 0 bridgehead atoms. The Morgan fingerprint density at radius 2 is 1.74 bits per heavy atom. The average molecular weight is 477 g/mol. The fourth-order valence-electron chi connectivity index (χ4n) is 4.29. The molecule has 1 aromatic heterocycles. The number of carbonyl (C=O) groups is 2. The van der Waals surface area contributed by atoms with E-state index in [-0.39, 0.29) is 15.8 Å². The Balaban J connectivity index is 1.98. The summed E-state index contributed by atoms with van der Waals surface area (Å²) in [6.45, 7) is 8.88. The van der Waals surface area contributed by atoms with Crippen molar-refractivity contribution in [1.82, 2.24) is 8.79 Å². The minimum absolute atomic E-state index is 0.255. The van der Waals surface area contributed by atoms with Crippen molar-refractivity contribution in [2.75, 3.05) is 6.54 Å². The lowest BCUT2D eigenvalue weighted by Crippen LogP contribution is -2.70. The number of hydrogen-bond donors (Lipinski definition) is 0. The molecule has 0 radical (unpaired) electrons. The third-order valence-corrected chi connectivity index (χ3v) is 12.5. The van der Waals surface area contributed by atoms with Gasteiger partial charge in [0.15, 0.2) is 14.4 Å². The van der Waals surface area contributed by atoms with E-state index in [2.05, 4.69) is 20.8 Å². The average Bonchev–Trinajstić information content (AvgIpc) is 3.33. The Kier molecular flexibility index (Phi) is 7.80.